The Bertz CT molecular complexity index is 224. The summed E-state index contributed by atoms with van der Waals surface area (Å²) in [5, 5.41) is 4.13. The zero-order valence-corrected chi connectivity index (χ0v) is 7.65. The predicted molar refractivity (Wildman–Crippen MR) is 47.9 cm³/mol. The van der Waals surface area contributed by atoms with E-state index in [9.17, 15) is 4.79 Å². The van der Waals surface area contributed by atoms with Gasteiger partial charge in [0.1, 0.15) is 6.29 Å². The number of carbonyl (C=O) groups is 1. The highest BCUT2D eigenvalue weighted by Crippen LogP contribution is 2.20. The average molecular weight is 168 g/mol. The molecule has 0 aliphatic heterocycles. The lowest BCUT2D eigenvalue weighted by Gasteiger charge is -2.14. The molecular formula is C9H12OS. The third kappa shape index (κ3) is 2.46. The normalized spacial score (nSPS) is 11.5. The van der Waals surface area contributed by atoms with E-state index in [2.05, 4.69) is 11.4 Å². The smallest absolute Gasteiger partial charge is 0.125 e. The molecule has 1 nitrogen and oxygen atoms in total. The van der Waals surface area contributed by atoms with E-state index in [0.29, 0.717) is 0 Å². The second kappa shape index (κ2) is 3.18. The van der Waals surface area contributed by atoms with Gasteiger partial charge in [-0.05, 0) is 28.8 Å². The number of thiophene rings is 1. The first-order chi connectivity index (χ1) is 5.14. The van der Waals surface area contributed by atoms with Gasteiger partial charge in [-0.1, -0.05) is 13.8 Å². The van der Waals surface area contributed by atoms with Crippen molar-refractivity contribution in [1.29, 1.82) is 0 Å². The SMILES string of the molecule is CC(C)(C=O)Cc1ccsc1. The van der Waals surface area contributed by atoms with Crippen molar-refractivity contribution in [2.24, 2.45) is 5.41 Å². The Balaban J connectivity index is 2.63. The first-order valence-electron chi connectivity index (χ1n) is 3.61. The van der Waals surface area contributed by atoms with E-state index in [4.69, 9.17) is 0 Å². The molecule has 11 heavy (non-hydrogen) atoms. The lowest BCUT2D eigenvalue weighted by molar-refractivity contribution is -0.114. The van der Waals surface area contributed by atoms with Crippen molar-refractivity contribution in [2.45, 2.75) is 20.3 Å². The second-order valence-corrected chi connectivity index (χ2v) is 4.19. The van der Waals surface area contributed by atoms with Crippen LogP contribution in [0.1, 0.15) is 19.4 Å². The van der Waals surface area contributed by atoms with Crippen molar-refractivity contribution in [1.82, 2.24) is 0 Å². The van der Waals surface area contributed by atoms with Gasteiger partial charge in [0.2, 0.25) is 0 Å². The summed E-state index contributed by atoms with van der Waals surface area (Å²) >= 11 is 1.67. The Morgan fingerprint density at radius 2 is 2.36 bits per heavy atom. The van der Waals surface area contributed by atoms with Crippen LogP contribution in [0.5, 0.6) is 0 Å². The number of hydrogen-bond donors (Lipinski definition) is 0. The van der Waals surface area contributed by atoms with E-state index in [1.807, 2.05) is 19.2 Å². The summed E-state index contributed by atoms with van der Waals surface area (Å²) in [5.74, 6) is 0. The van der Waals surface area contributed by atoms with Crippen molar-refractivity contribution in [2.75, 3.05) is 0 Å². The van der Waals surface area contributed by atoms with Crippen LogP contribution >= 0.6 is 11.3 Å². The first kappa shape index (κ1) is 8.47. The summed E-state index contributed by atoms with van der Waals surface area (Å²) in [7, 11) is 0. The molecule has 1 rings (SSSR count). The standard InChI is InChI=1S/C9H12OS/c1-9(2,7-10)5-8-3-4-11-6-8/h3-4,6-7H,5H2,1-2H3. The van der Waals surface area contributed by atoms with Gasteiger partial charge < -0.3 is 4.79 Å². The Labute approximate surface area is 71.1 Å². The van der Waals surface area contributed by atoms with Gasteiger partial charge in [0.05, 0.1) is 0 Å². The molecule has 0 amide bonds. The molecule has 60 valence electrons. The summed E-state index contributed by atoms with van der Waals surface area (Å²) < 4.78 is 0. The number of aldehydes is 1. The third-order valence-corrected chi connectivity index (χ3v) is 2.29. The molecule has 0 saturated heterocycles. The Kier molecular flexibility index (Phi) is 2.45. The fraction of sp³-hybridized carbons (Fsp3) is 0.444. The minimum Gasteiger partial charge on any atom is -0.303 e. The molecular weight excluding hydrogens is 156 g/mol. The van der Waals surface area contributed by atoms with Crippen LogP contribution < -0.4 is 0 Å². The zero-order chi connectivity index (χ0) is 8.32. The molecule has 2 heteroatoms. The molecule has 0 N–H and O–H groups in total. The lowest BCUT2D eigenvalue weighted by atomic mass is 9.89. The highest BCUT2D eigenvalue weighted by Gasteiger charge is 2.16. The lowest BCUT2D eigenvalue weighted by Crippen LogP contribution is -2.15. The molecule has 0 aromatic carbocycles. The summed E-state index contributed by atoms with van der Waals surface area (Å²) in [6.07, 6.45) is 1.87. The topological polar surface area (TPSA) is 17.1 Å². The van der Waals surface area contributed by atoms with Crippen LogP contribution in [0.2, 0.25) is 0 Å². The highest BCUT2D eigenvalue weighted by molar-refractivity contribution is 7.07. The Morgan fingerprint density at radius 1 is 1.64 bits per heavy atom. The molecule has 0 unspecified atom stereocenters. The van der Waals surface area contributed by atoms with Crippen molar-refractivity contribution in [3.8, 4) is 0 Å². The van der Waals surface area contributed by atoms with Crippen LogP contribution in [-0.4, -0.2) is 6.29 Å². The molecule has 0 radical (unpaired) electrons. The number of hydrogen-bond acceptors (Lipinski definition) is 2. The summed E-state index contributed by atoms with van der Waals surface area (Å²) in [6.45, 7) is 3.91. The van der Waals surface area contributed by atoms with Crippen molar-refractivity contribution in [3.05, 3.63) is 22.4 Å². The van der Waals surface area contributed by atoms with Gasteiger partial charge in [-0.15, -0.1) is 0 Å². The van der Waals surface area contributed by atoms with Crippen molar-refractivity contribution < 1.29 is 4.79 Å². The molecule has 0 spiro atoms. The maximum atomic E-state index is 10.6. The minimum atomic E-state index is -0.207. The van der Waals surface area contributed by atoms with Crippen LogP contribution in [0, 0.1) is 5.41 Å². The third-order valence-electron chi connectivity index (χ3n) is 1.56. The average Bonchev–Trinajstić information content (AvgIpc) is 2.39. The van der Waals surface area contributed by atoms with Crippen LogP contribution in [0.15, 0.2) is 16.8 Å². The minimum absolute atomic E-state index is 0.207. The van der Waals surface area contributed by atoms with E-state index >= 15 is 0 Å². The maximum Gasteiger partial charge on any atom is 0.125 e. The number of rotatable bonds is 3. The predicted octanol–water partition coefficient (Wildman–Crippen LogP) is 2.52. The largest absolute Gasteiger partial charge is 0.303 e. The molecule has 0 bridgehead atoms. The van der Waals surface area contributed by atoms with Gasteiger partial charge in [-0.2, -0.15) is 11.3 Å². The highest BCUT2D eigenvalue weighted by atomic mass is 32.1. The fourth-order valence-electron chi connectivity index (χ4n) is 0.961. The van der Waals surface area contributed by atoms with Crippen LogP contribution in [0.3, 0.4) is 0 Å². The molecule has 0 saturated carbocycles. The van der Waals surface area contributed by atoms with Gasteiger partial charge in [-0.3, -0.25) is 0 Å². The molecule has 1 aromatic rings. The zero-order valence-electron chi connectivity index (χ0n) is 6.83. The van der Waals surface area contributed by atoms with Gasteiger partial charge in [0.25, 0.3) is 0 Å². The molecule has 0 fully saturated rings. The maximum absolute atomic E-state index is 10.6. The second-order valence-electron chi connectivity index (χ2n) is 3.41. The van der Waals surface area contributed by atoms with E-state index in [0.717, 1.165) is 12.7 Å². The molecule has 0 aliphatic rings. The van der Waals surface area contributed by atoms with Gasteiger partial charge in [0.15, 0.2) is 0 Å². The molecule has 0 aliphatic carbocycles. The van der Waals surface area contributed by atoms with E-state index in [-0.39, 0.29) is 5.41 Å². The van der Waals surface area contributed by atoms with Gasteiger partial charge in [0, 0.05) is 5.41 Å². The van der Waals surface area contributed by atoms with Crippen molar-refractivity contribution in [3.63, 3.8) is 0 Å². The summed E-state index contributed by atoms with van der Waals surface area (Å²) in [6, 6.07) is 2.07. The quantitative estimate of drug-likeness (QED) is 0.634. The summed E-state index contributed by atoms with van der Waals surface area (Å²) in [4.78, 5) is 10.6. The van der Waals surface area contributed by atoms with Crippen LogP contribution in [0.25, 0.3) is 0 Å². The molecule has 1 heterocycles. The van der Waals surface area contributed by atoms with E-state index in [1.54, 1.807) is 11.3 Å². The van der Waals surface area contributed by atoms with Gasteiger partial charge >= 0.3 is 0 Å². The Morgan fingerprint density at radius 3 is 2.82 bits per heavy atom. The van der Waals surface area contributed by atoms with Crippen LogP contribution in [-0.2, 0) is 11.2 Å². The summed E-state index contributed by atoms with van der Waals surface area (Å²) in [5.41, 5.74) is 1.05. The van der Waals surface area contributed by atoms with Gasteiger partial charge in [-0.25, -0.2) is 0 Å². The first-order valence-corrected chi connectivity index (χ1v) is 4.56. The molecule has 1 aromatic heterocycles. The van der Waals surface area contributed by atoms with E-state index in [1.165, 1.54) is 5.56 Å². The Hall–Kier alpha value is -0.630. The van der Waals surface area contributed by atoms with Crippen molar-refractivity contribution >= 4 is 17.6 Å². The number of carbonyl (C=O) groups excluding carboxylic acids is 1. The monoisotopic (exact) mass is 168 g/mol. The van der Waals surface area contributed by atoms with E-state index < -0.39 is 0 Å². The van der Waals surface area contributed by atoms with Crippen LogP contribution in [0.4, 0.5) is 0 Å². The fourth-order valence-corrected chi connectivity index (χ4v) is 1.63. The molecule has 0 atom stereocenters.